The first-order valence-electron chi connectivity index (χ1n) is 5.34. The summed E-state index contributed by atoms with van der Waals surface area (Å²) in [5.41, 5.74) is 0. The van der Waals surface area contributed by atoms with E-state index in [2.05, 4.69) is 0 Å². The smallest absolute Gasteiger partial charge is 0.331 e. The number of hydrogen-bond acceptors (Lipinski definition) is 3. The van der Waals surface area contributed by atoms with Crippen LogP contribution in [0.3, 0.4) is 0 Å². The minimum absolute atomic E-state index is 0.310. The van der Waals surface area contributed by atoms with Crippen LogP contribution < -0.4 is 0 Å². The topological polar surface area (TPSA) is 46.5 Å². The van der Waals surface area contributed by atoms with Crippen LogP contribution in [0.15, 0.2) is 12.2 Å². The zero-order valence-electron chi connectivity index (χ0n) is 8.19. The van der Waals surface area contributed by atoms with Crippen molar-refractivity contribution in [2.75, 3.05) is 0 Å². The molecule has 1 saturated carbocycles. The van der Waals surface area contributed by atoms with Crippen molar-refractivity contribution < 1.29 is 14.6 Å². The zero-order chi connectivity index (χ0) is 9.97. The predicted molar refractivity (Wildman–Crippen MR) is 51.6 cm³/mol. The standard InChI is InChI=1S/C11H16O3/c12-10-7-6-9(14-10)11(13)8-4-2-1-3-5-8/h6-9,11,13H,1-5H2/t9-,11-/m0/s1. The second-order valence-electron chi connectivity index (χ2n) is 4.15. The van der Waals surface area contributed by atoms with E-state index in [1.54, 1.807) is 6.08 Å². The Balaban J connectivity index is 1.90. The number of rotatable bonds is 2. The molecule has 1 N–H and O–H groups in total. The van der Waals surface area contributed by atoms with Gasteiger partial charge in [-0.15, -0.1) is 0 Å². The first-order chi connectivity index (χ1) is 6.77. The highest BCUT2D eigenvalue weighted by Crippen LogP contribution is 2.29. The number of aliphatic hydroxyl groups excluding tert-OH is 1. The molecule has 1 heterocycles. The molecule has 1 aliphatic heterocycles. The van der Waals surface area contributed by atoms with Gasteiger partial charge in [0.15, 0.2) is 0 Å². The number of carbonyl (C=O) groups excluding carboxylic acids is 1. The molecule has 2 atom stereocenters. The molecular formula is C11H16O3. The highest BCUT2D eigenvalue weighted by Gasteiger charge is 2.31. The Bertz CT molecular complexity index is 241. The van der Waals surface area contributed by atoms with E-state index >= 15 is 0 Å². The monoisotopic (exact) mass is 196 g/mol. The third kappa shape index (κ3) is 1.98. The molecule has 1 aliphatic carbocycles. The molecule has 0 bridgehead atoms. The largest absolute Gasteiger partial charge is 0.452 e. The molecule has 14 heavy (non-hydrogen) atoms. The van der Waals surface area contributed by atoms with E-state index < -0.39 is 12.2 Å². The van der Waals surface area contributed by atoms with Crippen LogP contribution in [-0.4, -0.2) is 23.3 Å². The van der Waals surface area contributed by atoms with Crippen LogP contribution in [0.1, 0.15) is 32.1 Å². The molecule has 0 aromatic heterocycles. The Morgan fingerprint density at radius 1 is 1.36 bits per heavy atom. The van der Waals surface area contributed by atoms with Crippen LogP contribution in [-0.2, 0) is 9.53 Å². The average molecular weight is 196 g/mol. The second kappa shape index (κ2) is 4.13. The quantitative estimate of drug-likeness (QED) is 0.679. The van der Waals surface area contributed by atoms with Crippen LogP contribution in [0.25, 0.3) is 0 Å². The summed E-state index contributed by atoms with van der Waals surface area (Å²) < 4.78 is 4.98. The SMILES string of the molecule is O=C1C=C[C@@H]([C@@H](O)C2CCCCC2)O1. The van der Waals surface area contributed by atoms with Gasteiger partial charge in [0.1, 0.15) is 6.10 Å². The van der Waals surface area contributed by atoms with Crippen LogP contribution >= 0.6 is 0 Å². The fourth-order valence-corrected chi connectivity index (χ4v) is 2.31. The number of esters is 1. The summed E-state index contributed by atoms with van der Waals surface area (Å²) in [4.78, 5) is 10.8. The maximum absolute atomic E-state index is 10.8. The zero-order valence-corrected chi connectivity index (χ0v) is 8.19. The minimum Gasteiger partial charge on any atom is -0.452 e. The van der Waals surface area contributed by atoms with Gasteiger partial charge >= 0.3 is 5.97 Å². The molecule has 0 saturated heterocycles. The van der Waals surface area contributed by atoms with E-state index in [1.165, 1.54) is 25.3 Å². The number of hydrogen-bond donors (Lipinski definition) is 1. The van der Waals surface area contributed by atoms with E-state index in [-0.39, 0.29) is 5.97 Å². The van der Waals surface area contributed by atoms with E-state index in [1.807, 2.05) is 0 Å². The summed E-state index contributed by atoms with van der Waals surface area (Å²) in [6.07, 6.45) is 7.93. The summed E-state index contributed by atoms with van der Waals surface area (Å²) in [6, 6.07) is 0. The lowest BCUT2D eigenvalue weighted by molar-refractivity contribution is -0.144. The van der Waals surface area contributed by atoms with E-state index in [0.29, 0.717) is 5.92 Å². The molecule has 0 spiro atoms. The molecular weight excluding hydrogens is 180 g/mol. The fourth-order valence-electron chi connectivity index (χ4n) is 2.31. The summed E-state index contributed by atoms with van der Waals surface area (Å²) in [5.74, 6) is -0.0193. The highest BCUT2D eigenvalue weighted by atomic mass is 16.6. The molecule has 78 valence electrons. The van der Waals surface area contributed by atoms with Crippen LogP contribution in [0.5, 0.6) is 0 Å². The maximum Gasteiger partial charge on any atom is 0.331 e. The normalized spacial score (nSPS) is 30.4. The van der Waals surface area contributed by atoms with Gasteiger partial charge in [0.2, 0.25) is 0 Å². The molecule has 0 unspecified atom stereocenters. The van der Waals surface area contributed by atoms with Gasteiger partial charge < -0.3 is 9.84 Å². The van der Waals surface area contributed by atoms with Gasteiger partial charge in [-0.25, -0.2) is 4.79 Å². The minimum atomic E-state index is -0.502. The Morgan fingerprint density at radius 2 is 2.07 bits per heavy atom. The van der Waals surface area contributed by atoms with E-state index in [0.717, 1.165) is 12.8 Å². The van der Waals surface area contributed by atoms with Crippen LogP contribution in [0.4, 0.5) is 0 Å². The Hall–Kier alpha value is -0.830. The van der Waals surface area contributed by atoms with Crippen molar-refractivity contribution in [1.29, 1.82) is 0 Å². The van der Waals surface area contributed by atoms with Crippen molar-refractivity contribution >= 4 is 5.97 Å². The first-order valence-corrected chi connectivity index (χ1v) is 5.34. The summed E-state index contributed by atoms with van der Waals surface area (Å²) in [6.45, 7) is 0. The maximum atomic E-state index is 10.8. The van der Waals surface area contributed by atoms with Crippen molar-refractivity contribution in [2.45, 2.75) is 44.3 Å². The molecule has 0 aromatic carbocycles. The molecule has 0 amide bonds. The Morgan fingerprint density at radius 3 is 2.64 bits per heavy atom. The van der Waals surface area contributed by atoms with Gasteiger partial charge in [0.25, 0.3) is 0 Å². The number of carbonyl (C=O) groups is 1. The van der Waals surface area contributed by atoms with Crippen molar-refractivity contribution in [1.82, 2.24) is 0 Å². The lowest BCUT2D eigenvalue weighted by Crippen LogP contribution is -2.34. The van der Waals surface area contributed by atoms with Gasteiger partial charge in [0, 0.05) is 6.08 Å². The second-order valence-corrected chi connectivity index (χ2v) is 4.15. The van der Waals surface area contributed by atoms with Gasteiger partial charge in [-0.2, -0.15) is 0 Å². The van der Waals surface area contributed by atoms with Crippen LogP contribution in [0, 0.1) is 5.92 Å². The van der Waals surface area contributed by atoms with Crippen molar-refractivity contribution in [2.24, 2.45) is 5.92 Å². The van der Waals surface area contributed by atoms with Crippen LogP contribution in [0.2, 0.25) is 0 Å². The molecule has 2 aliphatic rings. The van der Waals surface area contributed by atoms with Gasteiger partial charge in [-0.05, 0) is 24.8 Å². The molecule has 1 fully saturated rings. The van der Waals surface area contributed by atoms with Gasteiger partial charge in [-0.1, -0.05) is 19.3 Å². The Kier molecular flexibility index (Phi) is 2.87. The lowest BCUT2D eigenvalue weighted by atomic mass is 9.83. The molecule has 0 radical (unpaired) electrons. The molecule has 3 nitrogen and oxygen atoms in total. The van der Waals surface area contributed by atoms with Crippen molar-refractivity contribution in [3.8, 4) is 0 Å². The fraction of sp³-hybridized carbons (Fsp3) is 0.727. The number of ether oxygens (including phenoxy) is 1. The van der Waals surface area contributed by atoms with E-state index in [4.69, 9.17) is 4.74 Å². The van der Waals surface area contributed by atoms with Gasteiger partial charge in [0.05, 0.1) is 6.10 Å². The third-order valence-electron chi connectivity index (χ3n) is 3.14. The summed E-state index contributed by atoms with van der Waals surface area (Å²) in [7, 11) is 0. The highest BCUT2D eigenvalue weighted by molar-refractivity contribution is 5.84. The number of aliphatic hydroxyl groups is 1. The Labute approximate surface area is 83.8 Å². The molecule has 2 rings (SSSR count). The third-order valence-corrected chi connectivity index (χ3v) is 3.14. The first kappa shape index (κ1) is 9.71. The lowest BCUT2D eigenvalue weighted by Gasteiger charge is -2.28. The summed E-state index contributed by atoms with van der Waals surface area (Å²) in [5, 5.41) is 9.96. The van der Waals surface area contributed by atoms with E-state index in [9.17, 15) is 9.90 Å². The predicted octanol–water partition coefficient (Wildman–Crippen LogP) is 1.41. The van der Waals surface area contributed by atoms with Gasteiger partial charge in [-0.3, -0.25) is 0 Å². The average Bonchev–Trinajstić information content (AvgIpc) is 2.65. The van der Waals surface area contributed by atoms with Crippen molar-refractivity contribution in [3.05, 3.63) is 12.2 Å². The molecule has 0 aromatic rings. The molecule has 3 heteroatoms. The van der Waals surface area contributed by atoms with Crippen molar-refractivity contribution in [3.63, 3.8) is 0 Å². The summed E-state index contributed by atoms with van der Waals surface area (Å²) >= 11 is 0. The number of cyclic esters (lactones) is 1.